The monoisotopic (exact) mass is 453 g/mol. The predicted octanol–water partition coefficient (Wildman–Crippen LogP) is 3.14. The van der Waals surface area contributed by atoms with Crippen LogP contribution in [0.25, 0.3) is 0 Å². The minimum absolute atomic E-state index is 0.127. The third-order valence-corrected chi connectivity index (χ3v) is 4.89. The predicted molar refractivity (Wildman–Crippen MR) is 128 cm³/mol. The van der Waals surface area contributed by atoms with Crippen molar-refractivity contribution in [1.82, 2.24) is 20.6 Å². The van der Waals surface area contributed by atoms with Crippen LogP contribution < -0.4 is 21.1 Å². The molecule has 9 heteroatoms. The smallest absolute Gasteiger partial charge is 0.288 e. The Morgan fingerprint density at radius 1 is 1.03 bits per heavy atom. The van der Waals surface area contributed by atoms with Gasteiger partial charge in [0.05, 0.1) is 23.8 Å². The normalized spacial score (nSPS) is 12.5. The third kappa shape index (κ3) is 9.94. The average molecular weight is 454 g/mol. The summed E-state index contributed by atoms with van der Waals surface area (Å²) in [5.41, 5.74) is 5.75. The summed E-state index contributed by atoms with van der Waals surface area (Å²) in [4.78, 5) is 28.8. The van der Waals surface area contributed by atoms with Gasteiger partial charge < -0.3 is 21.1 Å². The van der Waals surface area contributed by atoms with Gasteiger partial charge >= 0.3 is 0 Å². The summed E-state index contributed by atoms with van der Waals surface area (Å²) in [7, 11) is 1.52. The summed E-state index contributed by atoms with van der Waals surface area (Å²) < 4.78 is 5.58. The molecule has 0 unspecified atom stereocenters. The van der Waals surface area contributed by atoms with Gasteiger partial charge in [0.2, 0.25) is 11.7 Å². The highest BCUT2D eigenvalue weighted by atomic mass is 32.2. The number of ether oxygens (including phenoxy) is 1. The van der Waals surface area contributed by atoms with Crippen molar-refractivity contribution in [2.24, 2.45) is 0 Å². The molecule has 2 heterocycles. The summed E-state index contributed by atoms with van der Waals surface area (Å²) in [5, 5.41) is 5.18. The molecule has 0 bridgehead atoms. The third-order valence-electron chi connectivity index (χ3n) is 3.84. The number of nitrogen functional groups attached to an aromatic ring is 1. The number of nitrogens with zero attached hydrogens (tertiary/aromatic N) is 2. The van der Waals surface area contributed by atoms with Crippen molar-refractivity contribution < 1.29 is 14.3 Å². The lowest BCUT2D eigenvalue weighted by atomic mass is 10.3. The Kier molecular flexibility index (Phi) is 11.1. The van der Waals surface area contributed by atoms with Gasteiger partial charge in [-0.25, -0.2) is 9.97 Å². The van der Waals surface area contributed by atoms with Crippen LogP contribution in [-0.4, -0.2) is 46.9 Å². The molecule has 4 rings (SSSR count). The summed E-state index contributed by atoms with van der Waals surface area (Å²) in [6, 6.07) is 19.5. The fourth-order valence-corrected chi connectivity index (χ4v) is 3.08. The van der Waals surface area contributed by atoms with Gasteiger partial charge in [0.15, 0.2) is 0 Å². The number of anilines is 1. The van der Waals surface area contributed by atoms with Crippen molar-refractivity contribution in [3.05, 3.63) is 78.9 Å². The van der Waals surface area contributed by atoms with Gasteiger partial charge in [0.1, 0.15) is 11.5 Å². The van der Waals surface area contributed by atoms with Crippen LogP contribution >= 0.6 is 11.8 Å². The number of nitrogens with two attached hydrogens (primary N) is 1. The highest BCUT2D eigenvalue weighted by Crippen LogP contribution is 2.19. The lowest BCUT2D eigenvalue weighted by Crippen LogP contribution is -2.23. The maximum absolute atomic E-state index is 10.8. The summed E-state index contributed by atoms with van der Waals surface area (Å²) in [6.07, 6.45) is 3.89. The Morgan fingerprint density at radius 3 is 2.12 bits per heavy atom. The highest BCUT2D eigenvalue weighted by molar-refractivity contribution is 7.99. The molecule has 0 atom stereocenters. The van der Waals surface area contributed by atoms with Crippen LogP contribution in [0.5, 0.6) is 11.5 Å². The standard InChI is InChI=1S/C12H10O.C6H8N4O.C5H9NOS/c1-3-7-11(8-4-1)13-12-9-5-2-6-10-12;1-8-6(11)5-9-2-4(7)3-10-5;7-5-4-8-3-1-2-6-5/h1-10H;2-3H,7H2,1H3,(H,8,11);1-4H2,(H,6,7). The minimum Gasteiger partial charge on any atom is -0.457 e. The van der Waals surface area contributed by atoms with E-state index in [1.807, 2.05) is 60.7 Å². The van der Waals surface area contributed by atoms with Gasteiger partial charge in [-0.15, -0.1) is 0 Å². The summed E-state index contributed by atoms with van der Waals surface area (Å²) in [6.45, 7) is 0.867. The maximum Gasteiger partial charge on any atom is 0.288 e. The molecule has 32 heavy (non-hydrogen) atoms. The maximum atomic E-state index is 10.8. The van der Waals surface area contributed by atoms with Crippen LogP contribution in [0, 0.1) is 0 Å². The second-order valence-corrected chi connectivity index (χ2v) is 7.51. The number of carbonyl (C=O) groups excluding carboxylic acids is 2. The molecule has 168 valence electrons. The number of nitrogens with one attached hydrogen (secondary N) is 2. The molecule has 3 aromatic rings. The number of carbonyl (C=O) groups is 2. The van der Waals surface area contributed by atoms with Gasteiger partial charge in [0.25, 0.3) is 5.91 Å². The zero-order valence-electron chi connectivity index (χ0n) is 17.9. The quantitative estimate of drug-likeness (QED) is 0.557. The Balaban J connectivity index is 0.000000175. The largest absolute Gasteiger partial charge is 0.457 e. The molecule has 2 aromatic carbocycles. The van der Waals surface area contributed by atoms with Crippen molar-refractivity contribution in [1.29, 1.82) is 0 Å². The van der Waals surface area contributed by atoms with E-state index in [2.05, 4.69) is 20.6 Å². The lowest BCUT2D eigenvalue weighted by molar-refractivity contribution is -0.118. The van der Waals surface area contributed by atoms with Crippen LogP contribution in [0.1, 0.15) is 17.0 Å². The second-order valence-electron chi connectivity index (χ2n) is 6.40. The van der Waals surface area contributed by atoms with Gasteiger partial charge in [-0.2, -0.15) is 11.8 Å². The van der Waals surface area contributed by atoms with E-state index >= 15 is 0 Å². The van der Waals surface area contributed by atoms with E-state index in [-0.39, 0.29) is 17.6 Å². The van der Waals surface area contributed by atoms with Gasteiger partial charge in [-0.05, 0) is 36.4 Å². The van der Waals surface area contributed by atoms with Crippen LogP contribution in [0.15, 0.2) is 73.1 Å². The molecule has 1 aliphatic heterocycles. The van der Waals surface area contributed by atoms with Crippen molar-refractivity contribution in [3.8, 4) is 11.5 Å². The van der Waals surface area contributed by atoms with Crippen molar-refractivity contribution in [2.45, 2.75) is 6.42 Å². The first-order chi connectivity index (χ1) is 15.6. The Labute approximate surface area is 192 Å². The SMILES string of the molecule is CNC(=O)c1ncc(N)cn1.O=C1CSCCCN1.c1ccc(Oc2ccccc2)cc1. The molecule has 0 aliphatic carbocycles. The molecule has 1 aromatic heterocycles. The number of para-hydroxylation sites is 2. The van der Waals surface area contributed by atoms with E-state index in [4.69, 9.17) is 10.5 Å². The first-order valence-corrected chi connectivity index (χ1v) is 11.2. The number of rotatable bonds is 3. The number of hydrogen-bond donors (Lipinski definition) is 3. The first-order valence-electron chi connectivity index (χ1n) is 10.0. The van der Waals surface area contributed by atoms with Gasteiger partial charge in [-0.3, -0.25) is 9.59 Å². The van der Waals surface area contributed by atoms with E-state index in [1.165, 1.54) is 19.4 Å². The number of amides is 2. The molecule has 1 saturated heterocycles. The van der Waals surface area contributed by atoms with Gasteiger partial charge in [0, 0.05) is 13.6 Å². The number of aromatic nitrogens is 2. The molecular weight excluding hydrogens is 426 g/mol. The Morgan fingerprint density at radius 2 is 1.59 bits per heavy atom. The van der Waals surface area contributed by atoms with Crippen LogP contribution in [0.4, 0.5) is 5.69 Å². The molecule has 1 fully saturated rings. The summed E-state index contributed by atoms with van der Waals surface area (Å²) in [5.74, 6) is 3.51. The molecule has 2 amide bonds. The van der Waals surface area contributed by atoms with Crippen LogP contribution in [0.2, 0.25) is 0 Å². The summed E-state index contributed by atoms with van der Waals surface area (Å²) >= 11 is 1.71. The number of benzene rings is 2. The molecular formula is C23H27N5O3S. The minimum atomic E-state index is -0.315. The lowest BCUT2D eigenvalue weighted by Gasteiger charge is -2.03. The zero-order chi connectivity index (χ0) is 23.0. The first kappa shape index (κ1) is 24.7. The number of thioether (sulfide) groups is 1. The van der Waals surface area contributed by atoms with Gasteiger partial charge in [-0.1, -0.05) is 36.4 Å². The van der Waals surface area contributed by atoms with E-state index in [0.29, 0.717) is 11.4 Å². The Bertz CT molecular complexity index is 893. The van der Waals surface area contributed by atoms with Crippen molar-refractivity contribution >= 4 is 29.3 Å². The second kappa shape index (κ2) is 14.4. The van der Waals surface area contributed by atoms with Crippen molar-refractivity contribution in [2.75, 3.05) is 30.8 Å². The fraction of sp³-hybridized carbons (Fsp3) is 0.217. The van der Waals surface area contributed by atoms with Crippen LogP contribution in [-0.2, 0) is 4.79 Å². The molecule has 0 radical (unpaired) electrons. The number of hydrogen-bond acceptors (Lipinski definition) is 7. The molecule has 1 aliphatic rings. The molecule has 0 spiro atoms. The molecule has 8 nitrogen and oxygen atoms in total. The highest BCUT2D eigenvalue weighted by Gasteiger charge is 2.04. The zero-order valence-corrected chi connectivity index (χ0v) is 18.7. The van der Waals surface area contributed by atoms with E-state index in [0.717, 1.165) is 30.2 Å². The van der Waals surface area contributed by atoms with E-state index in [9.17, 15) is 9.59 Å². The topological polar surface area (TPSA) is 119 Å². The van der Waals surface area contributed by atoms with E-state index in [1.54, 1.807) is 11.8 Å². The van der Waals surface area contributed by atoms with E-state index < -0.39 is 0 Å². The Hall–Kier alpha value is -3.59. The average Bonchev–Trinajstić information content (AvgIpc) is 3.09. The molecule has 0 saturated carbocycles. The van der Waals surface area contributed by atoms with Crippen molar-refractivity contribution in [3.63, 3.8) is 0 Å². The molecule has 4 N–H and O–H groups in total. The van der Waals surface area contributed by atoms with Crippen LogP contribution in [0.3, 0.4) is 0 Å². The fourth-order valence-electron chi connectivity index (χ4n) is 2.30.